The number of rotatable bonds is 9. The van der Waals surface area contributed by atoms with E-state index in [2.05, 4.69) is 25.9 Å². The van der Waals surface area contributed by atoms with Gasteiger partial charge in [-0.3, -0.25) is 13.9 Å². The Morgan fingerprint density at radius 1 is 1.13 bits per heavy atom. The standard InChI is InChI=1S/C27H30BrClN6O4/c1-3-33-25-23(26(36)34(27(33)37)12-6-14-39-21-7-4-5-13-38-21)35(16-18-8-10-19(29)11-9-18)24(32-25)22-17(2)31-20(28)15-30-22/h8-11,15,21H,3-7,12-14,16H2,1-2H3. The Morgan fingerprint density at radius 3 is 2.62 bits per heavy atom. The second kappa shape index (κ2) is 12.1. The summed E-state index contributed by atoms with van der Waals surface area (Å²) >= 11 is 9.47. The van der Waals surface area contributed by atoms with E-state index >= 15 is 0 Å². The fourth-order valence-electron chi connectivity index (χ4n) is 4.83. The smallest absolute Gasteiger partial charge is 0.332 e. The molecule has 12 heteroatoms. The molecule has 0 saturated carbocycles. The zero-order valence-electron chi connectivity index (χ0n) is 21.9. The summed E-state index contributed by atoms with van der Waals surface area (Å²) in [5.74, 6) is 0.465. The highest BCUT2D eigenvalue weighted by Crippen LogP contribution is 2.26. The molecule has 1 aliphatic rings. The zero-order chi connectivity index (χ0) is 27.5. The van der Waals surface area contributed by atoms with Gasteiger partial charge in [0.15, 0.2) is 23.3 Å². The van der Waals surface area contributed by atoms with Crippen molar-refractivity contribution in [2.45, 2.75) is 65.5 Å². The Morgan fingerprint density at radius 2 is 1.92 bits per heavy atom. The van der Waals surface area contributed by atoms with E-state index < -0.39 is 11.2 Å². The summed E-state index contributed by atoms with van der Waals surface area (Å²) < 4.78 is 16.7. The van der Waals surface area contributed by atoms with Crippen LogP contribution in [0.4, 0.5) is 0 Å². The van der Waals surface area contributed by atoms with Crippen LogP contribution in [0.5, 0.6) is 0 Å². The molecule has 5 rings (SSSR count). The van der Waals surface area contributed by atoms with E-state index in [-0.39, 0.29) is 12.8 Å². The van der Waals surface area contributed by atoms with Crippen LogP contribution < -0.4 is 11.2 Å². The molecule has 206 valence electrons. The molecule has 1 aromatic carbocycles. The lowest BCUT2D eigenvalue weighted by Crippen LogP contribution is -2.40. The molecular weight excluding hydrogens is 588 g/mol. The SMILES string of the molecule is CCn1c(=O)n(CCCOC2CCCCO2)c(=O)c2c1nc(-c1ncc(Br)nc1C)n2Cc1ccc(Cl)cc1. The highest BCUT2D eigenvalue weighted by atomic mass is 79.9. The first-order valence-corrected chi connectivity index (χ1v) is 14.3. The van der Waals surface area contributed by atoms with Gasteiger partial charge in [-0.2, -0.15) is 0 Å². The third kappa shape index (κ3) is 5.86. The molecule has 1 atom stereocenters. The Hall–Kier alpha value is -2.86. The third-order valence-corrected chi connectivity index (χ3v) is 7.42. The fourth-order valence-corrected chi connectivity index (χ4v) is 5.33. The van der Waals surface area contributed by atoms with Crippen molar-refractivity contribution in [3.05, 3.63) is 72.2 Å². The molecule has 4 aromatic rings. The lowest BCUT2D eigenvalue weighted by molar-refractivity contribution is -0.163. The molecule has 4 heterocycles. The van der Waals surface area contributed by atoms with Crippen LogP contribution in [0.1, 0.15) is 43.9 Å². The number of aromatic nitrogens is 6. The summed E-state index contributed by atoms with van der Waals surface area (Å²) in [5, 5.41) is 0.618. The molecule has 0 bridgehead atoms. The summed E-state index contributed by atoms with van der Waals surface area (Å²) in [6, 6.07) is 7.40. The summed E-state index contributed by atoms with van der Waals surface area (Å²) in [6.07, 6.45) is 4.85. The summed E-state index contributed by atoms with van der Waals surface area (Å²) in [4.78, 5) is 41.2. The first-order chi connectivity index (χ1) is 18.9. The molecular formula is C27H30BrClN6O4. The number of imidazole rings is 1. The van der Waals surface area contributed by atoms with Gasteiger partial charge in [-0.1, -0.05) is 23.7 Å². The topological polar surface area (TPSA) is 106 Å². The molecule has 0 radical (unpaired) electrons. The van der Waals surface area contributed by atoms with Crippen molar-refractivity contribution in [3.63, 3.8) is 0 Å². The third-order valence-electron chi connectivity index (χ3n) is 6.78. The zero-order valence-corrected chi connectivity index (χ0v) is 24.2. The van der Waals surface area contributed by atoms with Crippen molar-refractivity contribution in [1.82, 2.24) is 28.7 Å². The van der Waals surface area contributed by atoms with Gasteiger partial charge in [-0.15, -0.1) is 0 Å². The minimum Gasteiger partial charge on any atom is -0.353 e. The van der Waals surface area contributed by atoms with Gasteiger partial charge in [-0.25, -0.2) is 19.7 Å². The molecule has 1 fully saturated rings. The van der Waals surface area contributed by atoms with Gasteiger partial charge in [0.05, 0.1) is 18.5 Å². The van der Waals surface area contributed by atoms with Gasteiger partial charge in [0.2, 0.25) is 0 Å². The maximum Gasteiger partial charge on any atom is 0.332 e. The molecule has 3 aromatic heterocycles. The Bertz CT molecular complexity index is 1590. The molecule has 39 heavy (non-hydrogen) atoms. The molecule has 1 saturated heterocycles. The first kappa shape index (κ1) is 27.7. The van der Waals surface area contributed by atoms with Crippen LogP contribution in [0, 0.1) is 6.92 Å². The van der Waals surface area contributed by atoms with E-state index in [0.29, 0.717) is 70.7 Å². The Balaban J connectivity index is 1.60. The number of hydrogen-bond donors (Lipinski definition) is 0. The van der Waals surface area contributed by atoms with Gasteiger partial charge >= 0.3 is 5.69 Å². The van der Waals surface area contributed by atoms with Crippen molar-refractivity contribution >= 4 is 38.7 Å². The first-order valence-electron chi connectivity index (χ1n) is 13.1. The van der Waals surface area contributed by atoms with Gasteiger partial charge in [0, 0.05) is 31.3 Å². The number of hydrogen-bond acceptors (Lipinski definition) is 7. The fraction of sp³-hybridized carbons (Fsp3) is 0.444. The van der Waals surface area contributed by atoms with Crippen molar-refractivity contribution in [2.75, 3.05) is 13.2 Å². The van der Waals surface area contributed by atoms with Crippen LogP contribution >= 0.6 is 27.5 Å². The minimum atomic E-state index is -0.399. The van der Waals surface area contributed by atoms with Gasteiger partial charge in [-0.05, 0) is 73.2 Å². The summed E-state index contributed by atoms with van der Waals surface area (Å²) in [5.41, 5.74) is 1.96. The van der Waals surface area contributed by atoms with Crippen molar-refractivity contribution in [1.29, 1.82) is 0 Å². The van der Waals surface area contributed by atoms with Crippen LogP contribution in [0.3, 0.4) is 0 Å². The lowest BCUT2D eigenvalue weighted by atomic mass is 10.2. The maximum atomic E-state index is 13.9. The van der Waals surface area contributed by atoms with Gasteiger partial charge in [0.1, 0.15) is 10.3 Å². The average molecular weight is 618 g/mol. The predicted molar refractivity (Wildman–Crippen MR) is 152 cm³/mol. The highest BCUT2D eigenvalue weighted by Gasteiger charge is 2.24. The highest BCUT2D eigenvalue weighted by molar-refractivity contribution is 9.10. The van der Waals surface area contributed by atoms with Gasteiger partial charge < -0.3 is 14.0 Å². The van der Waals surface area contributed by atoms with E-state index in [9.17, 15) is 9.59 Å². The van der Waals surface area contributed by atoms with Crippen molar-refractivity contribution in [3.8, 4) is 11.5 Å². The second-order valence-corrected chi connectivity index (χ2v) is 10.7. The van der Waals surface area contributed by atoms with Crippen molar-refractivity contribution < 1.29 is 9.47 Å². The lowest BCUT2D eigenvalue weighted by Gasteiger charge is -2.22. The monoisotopic (exact) mass is 616 g/mol. The van der Waals surface area contributed by atoms with E-state index in [4.69, 9.17) is 26.1 Å². The molecule has 1 unspecified atom stereocenters. The van der Waals surface area contributed by atoms with Gasteiger partial charge in [0.25, 0.3) is 5.56 Å². The second-order valence-electron chi connectivity index (χ2n) is 9.45. The molecule has 10 nitrogen and oxygen atoms in total. The molecule has 1 aliphatic heterocycles. The number of ether oxygens (including phenoxy) is 2. The van der Waals surface area contributed by atoms with E-state index in [0.717, 1.165) is 24.8 Å². The average Bonchev–Trinajstić information content (AvgIpc) is 3.29. The predicted octanol–water partition coefficient (Wildman–Crippen LogP) is 4.54. The molecule has 0 amide bonds. The Labute approximate surface area is 238 Å². The number of aryl methyl sites for hydroxylation is 2. The number of halogens is 2. The molecule has 0 aliphatic carbocycles. The molecule has 0 N–H and O–H groups in total. The van der Waals surface area contributed by atoms with Crippen LogP contribution in [0.2, 0.25) is 5.02 Å². The summed E-state index contributed by atoms with van der Waals surface area (Å²) in [7, 11) is 0. The molecule has 0 spiro atoms. The van der Waals surface area contributed by atoms with Crippen LogP contribution in [-0.2, 0) is 29.1 Å². The van der Waals surface area contributed by atoms with Crippen LogP contribution in [-0.4, -0.2) is 48.2 Å². The largest absolute Gasteiger partial charge is 0.353 e. The quantitative estimate of drug-likeness (QED) is 0.254. The van der Waals surface area contributed by atoms with Crippen molar-refractivity contribution in [2.24, 2.45) is 0 Å². The minimum absolute atomic E-state index is 0.219. The normalized spacial score (nSPS) is 15.7. The summed E-state index contributed by atoms with van der Waals surface area (Å²) in [6.45, 7) is 5.69. The van der Waals surface area contributed by atoms with E-state index in [1.807, 2.05) is 30.5 Å². The van der Waals surface area contributed by atoms with Crippen LogP contribution in [0.25, 0.3) is 22.7 Å². The number of fused-ring (bicyclic) bond motifs is 1. The number of benzene rings is 1. The maximum absolute atomic E-state index is 13.9. The Kier molecular flexibility index (Phi) is 8.61. The van der Waals surface area contributed by atoms with Crippen LogP contribution in [0.15, 0.2) is 44.7 Å². The number of nitrogens with zero attached hydrogens (tertiary/aromatic N) is 6. The van der Waals surface area contributed by atoms with E-state index in [1.165, 1.54) is 9.13 Å². The van der Waals surface area contributed by atoms with E-state index in [1.54, 1.807) is 18.3 Å².